The number of fused-ring (bicyclic) bond motifs is 1. The number of halogens is 2. The van der Waals surface area contributed by atoms with Crippen molar-refractivity contribution < 1.29 is 0 Å². The molecule has 0 saturated carbocycles. The minimum absolute atomic E-state index is 0.557. The molecule has 1 aromatic carbocycles. The van der Waals surface area contributed by atoms with E-state index < -0.39 is 0 Å². The molecule has 3 nitrogen and oxygen atoms in total. The summed E-state index contributed by atoms with van der Waals surface area (Å²) in [6.45, 7) is 0. The number of pyridine rings is 1. The van der Waals surface area contributed by atoms with Crippen molar-refractivity contribution in [2.24, 2.45) is 5.84 Å². The van der Waals surface area contributed by atoms with Crippen molar-refractivity contribution in [3.05, 3.63) is 34.3 Å². The number of nitrogens with two attached hydrogens (primary N) is 1. The zero-order valence-corrected chi connectivity index (χ0v) is 8.60. The van der Waals surface area contributed by atoms with E-state index >= 15 is 0 Å². The Morgan fingerprint density at radius 1 is 1.07 bits per heavy atom. The van der Waals surface area contributed by atoms with Crippen molar-refractivity contribution in [3.8, 4) is 0 Å². The standard InChI is InChI=1S/C9H7Cl2N3/c10-6-2-3-7(11)9-5(6)1-4-8(13-9)14-12/h1-4H,12H2,(H,13,14). The van der Waals surface area contributed by atoms with Crippen LogP contribution in [0.25, 0.3) is 10.9 Å². The third-order valence-corrected chi connectivity index (χ3v) is 2.54. The Hall–Kier alpha value is -1.03. The lowest BCUT2D eigenvalue weighted by atomic mass is 10.2. The Morgan fingerprint density at radius 2 is 1.79 bits per heavy atom. The highest BCUT2D eigenvalue weighted by Crippen LogP contribution is 2.28. The first kappa shape index (κ1) is 9.52. The van der Waals surface area contributed by atoms with E-state index in [1.165, 1.54) is 0 Å². The number of rotatable bonds is 1. The average molecular weight is 228 g/mol. The molecule has 0 radical (unpaired) electrons. The molecule has 1 heterocycles. The molecule has 2 rings (SSSR count). The van der Waals surface area contributed by atoms with Crippen molar-refractivity contribution in [3.63, 3.8) is 0 Å². The summed E-state index contributed by atoms with van der Waals surface area (Å²) in [6.07, 6.45) is 0. The summed E-state index contributed by atoms with van der Waals surface area (Å²) in [7, 11) is 0. The molecule has 0 bridgehead atoms. The molecule has 0 aliphatic heterocycles. The van der Waals surface area contributed by atoms with Gasteiger partial charge in [0.2, 0.25) is 0 Å². The molecule has 3 N–H and O–H groups in total. The summed E-state index contributed by atoms with van der Waals surface area (Å²) in [4.78, 5) is 4.20. The van der Waals surface area contributed by atoms with E-state index in [0.29, 0.717) is 21.4 Å². The van der Waals surface area contributed by atoms with Crippen molar-refractivity contribution in [2.45, 2.75) is 0 Å². The van der Waals surface area contributed by atoms with E-state index in [1.54, 1.807) is 18.2 Å². The van der Waals surface area contributed by atoms with Crippen LogP contribution in [0.4, 0.5) is 5.82 Å². The number of anilines is 1. The number of benzene rings is 1. The number of aromatic nitrogens is 1. The van der Waals surface area contributed by atoms with Crippen LogP contribution in [0.3, 0.4) is 0 Å². The summed E-state index contributed by atoms with van der Waals surface area (Å²) in [5, 5.41) is 2.00. The molecule has 0 aliphatic rings. The molecule has 0 aliphatic carbocycles. The number of nitrogens with zero attached hydrogens (tertiary/aromatic N) is 1. The maximum atomic E-state index is 5.97. The number of hydrazine groups is 1. The van der Waals surface area contributed by atoms with Gasteiger partial charge in [0.05, 0.1) is 15.6 Å². The summed E-state index contributed by atoms with van der Waals surface area (Å²) in [5.74, 6) is 5.80. The third kappa shape index (κ3) is 1.50. The van der Waals surface area contributed by atoms with Crippen LogP contribution in [0.15, 0.2) is 24.3 Å². The van der Waals surface area contributed by atoms with Gasteiger partial charge < -0.3 is 5.43 Å². The molecule has 72 valence electrons. The molecule has 0 fully saturated rings. The molecule has 0 amide bonds. The van der Waals surface area contributed by atoms with E-state index in [1.807, 2.05) is 6.07 Å². The van der Waals surface area contributed by atoms with E-state index in [4.69, 9.17) is 29.0 Å². The van der Waals surface area contributed by atoms with Crippen LogP contribution in [-0.4, -0.2) is 4.98 Å². The van der Waals surface area contributed by atoms with Gasteiger partial charge in [0.25, 0.3) is 0 Å². The Bertz CT molecular complexity index is 485. The van der Waals surface area contributed by atoms with Gasteiger partial charge in [-0.2, -0.15) is 0 Å². The van der Waals surface area contributed by atoms with Gasteiger partial charge in [-0.15, -0.1) is 0 Å². The van der Waals surface area contributed by atoms with Crippen LogP contribution in [0.2, 0.25) is 10.0 Å². The largest absolute Gasteiger partial charge is 0.308 e. The normalized spacial score (nSPS) is 10.5. The maximum absolute atomic E-state index is 5.97. The first-order valence-corrected chi connectivity index (χ1v) is 4.69. The number of nitrogen functional groups attached to an aromatic ring is 1. The predicted octanol–water partition coefficient (Wildman–Crippen LogP) is 2.83. The maximum Gasteiger partial charge on any atom is 0.140 e. The van der Waals surface area contributed by atoms with Crippen molar-refractivity contribution in [2.75, 3.05) is 5.43 Å². The van der Waals surface area contributed by atoms with Gasteiger partial charge in [-0.25, -0.2) is 10.8 Å². The third-order valence-electron chi connectivity index (χ3n) is 1.90. The Labute approximate surface area is 90.8 Å². The monoisotopic (exact) mass is 227 g/mol. The van der Waals surface area contributed by atoms with Gasteiger partial charge in [-0.3, -0.25) is 0 Å². The molecule has 1 aromatic heterocycles. The zero-order valence-electron chi connectivity index (χ0n) is 7.09. The van der Waals surface area contributed by atoms with Crippen molar-refractivity contribution in [1.82, 2.24) is 4.98 Å². The minimum Gasteiger partial charge on any atom is -0.308 e. The molecule has 2 aromatic rings. The van der Waals surface area contributed by atoms with Gasteiger partial charge in [0, 0.05) is 5.39 Å². The quantitative estimate of drug-likeness (QED) is 0.582. The highest BCUT2D eigenvalue weighted by Gasteiger charge is 2.04. The van der Waals surface area contributed by atoms with Crippen LogP contribution in [0.1, 0.15) is 0 Å². The van der Waals surface area contributed by atoms with Crippen LogP contribution in [0, 0.1) is 0 Å². The Morgan fingerprint density at radius 3 is 2.50 bits per heavy atom. The molecule has 14 heavy (non-hydrogen) atoms. The number of hydrogen-bond donors (Lipinski definition) is 2. The number of hydrogen-bond acceptors (Lipinski definition) is 3. The smallest absolute Gasteiger partial charge is 0.140 e. The molecule has 0 saturated heterocycles. The van der Waals surface area contributed by atoms with E-state index in [9.17, 15) is 0 Å². The van der Waals surface area contributed by atoms with Gasteiger partial charge in [-0.05, 0) is 24.3 Å². The second-order valence-corrected chi connectivity index (χ2v) is 3.58. The second-order valence-electron chi connectivity index (χ2n) is 2.77. The summed E-state index contributed by atoms with van der Waals surface area (Å²) in [5.41, 5.74) is 3.10. The zero-order chi connectivity index (χ0) is 10.1. The molecular formula is C9H7Cl2N3. The van der Waals surface area contributed by atoms with Crippen LogP contribution < -0.4 is 11.3 Å². The molecular weight excluding hydrogens is 221 g/mol. The van der Waals surface area contributed by atoms with Crippen molar-refractivity contribution >= 4 is 39.9 Å². The van der Waals surface area contributed by atoms with Gasteiger partial charge >= 0.3 is 0 Å². The van der Waals surface area contributed by atoms with Gasteiger partial charge in [-0.1, -0.05) is 23.2 Å². The van der Waals surface area contributed by atoms with E-state index in [-0.39, 0.29) is 0 Å². The summed E-state index contributed by atoms with van der Waals surface area (Å²) < 4.78 is 0. The van der Waals surface area contributed by atoms with Crippen LogP contribution in [-0.2, 0) is 0 Å². The lowest BCUT2D eigenvalue weighted by Gasteiger charge is -2.04. The van der Waals surface area contributed by atoms with Crippen molar-refractivity contribution in [1.29, 1.82) is 0 Å². The SMILES string of the molecule is NNc1ccc2c(Cl)ccc(Cl)c2n1. The average Bonchev–Trinajstić information content (AvgIpc) is 2.23. The second kappa shape index (κ2) is 3.61. The van der Waals surface area contributed by atoms with E-state index in [2.05, 4.69) is 10.4 Å². The first-order chi connectivity index (χ1) is 6.72. The fourth-order valence-electron chi connectivity index (χ4n) is 1.23. The fraction of sp³-hybridized carbons (Fsp3) is 0. The number of nitrogens with one attached hydrogen (secondary N) is 1. The first-order valence-electron chi connectivity index (χ1n) is 3.94. The topological polar surface area (TPSA) is 50.9 Å². The van der Waals surface area contributed by atoms with Gasteiger partial charge in [0.15, 0.2) is 0 Å². The summed E-state index contributed by atoms with van der Waals surface area (Å²) in [6, 6.07) is 7.01. The lowest BCUT2D eigenvalue weighted by Crippen LogP contribution is -2.08. The van der Waals surface area contributed by atoms with E-state index in [0.717, 1.165) is 5.39 Å². The Kier molecular flexibility index (Phi) is 2.46. The molecule has 5 heteroatoms. The molecule has 0 atom stereocenters. The molecule has 0 spiro atoms. The summed E-state index contributed by atoms with van der Waals surface area (Å²) >= 11 is 11.9. The van der Waals surface area contributed by atoms with Crippen LogP contribution in [0.5, 0.6) is 0 Å². The predicted molar refractivity (Wildman–Crippen MR) is 59.6 cm³/mol. The van der Waals surface area contributed by atoms with Gasteiger partial charge in [0.1, 0.15) is 5.82 Å². The highest BCUT2D eigenvalue weighted by molar-refractivity contribution is 6.39. The Balaban J connectivity index is 2.80. The van der Waals surface area contributed by atoms with Crippen LogP contribution >= 0.6 is 23.2 Å². The molecule has 0 unspecified atom stereocenters. The lowest BCUT2D eigenvalue weighted by molar-refractivity contribution is 1.26. The fourth-order valence-corrected chi connectivity index (χ4v) is 1.65. The minimum atomic E-state index is 0.557. The highest BCUT2D eigenvalue weighted by atomic mass is 35.5.